The summed E-state index contributed by atoms with van der Waals surface area (Å²) >= 11 is 0. The fourth-order valence-electron chi connectivity index (χ4n) is 15.8. The molecule has 0 radical (unpaired) electrons. The number of hydrogen-bond donors (Lipinski definition) is 5. The van der Waals surface area contributed by atoms with Crippen LogP contribution in [0.1, 0.15) is 173 Å². The van der Waals surface area contributed by atoms with Gasteiger partial charge in [0, 0.05) is 31.0 Å². The molecule has 2 fully saturated rings. The van der Waals surface area contributed by atoms with Gasteiger partial charge in [0.15, 0.2) is 12.6 Å². The molecule has 5 unspecified atom stereocenters. The van der Waals surface area contributed by atoms with Gasteiger partial charge in [-0.3, -0.25) is 19.2 Å². The van der Waals surface area contributed by atoms with Gasteiger partial charge in [0.25, 0.3) is 0 Å². The van der Waals surface area contributed by atoms with Crippen molar-refractivity contribution in [3.8, 4) is 33.4 Å². The Kier molecular flexibility index (Phi) is 32.3. The second-order valence-electron chi connectivity index (χ2n) is 30.2. The normalized spacial score (nSPS) is 16.6. The van der Waals surface area contributed by atoms with Crippen LogP contribution >= 0.6 is 0 Å². The number of aliphatic hydroxyl groups excluding tert-OH is 1. The highest BCUT2D eigenvalue weighted by Gasteiger charge is 2.37. The van der Waals surface area contributed by atoms with Gasteiger partial charge in [-0.25, -0.2) is 14.4 Å². The first-order valence-electron chi connectivity index (χ1n) is 41.6. The molecule has 119 heavy (non-hydrogen) atoms. The zero-order valence-electron chi connectivity index (χ0n) is 68.0. The average Bonchev–Trinajstić information content (AvgIpc) is 1.63. The first-order valence-corrected chi connectivity index (χ1v) is 41.6. The second kappa shape index (κ2) is 44.3. The van der Waals surface area contributed by atoms with E-state index in [1.165, 1.54) is 0 Å². The SMILES string of the molecule is CCC(O)[C@H](CC(=O)OCc1ccccc1)NC(=O)OCC1c2ccccc2-c2ccccc21.CCC(OC1CCCCO1)[C@H](CC(=O)OCc1ccccc1)NC(=O)OCC1c2ccccc2-c2ccccc21.CCC(OC1CCCCO1)[C@H](CC(=O)OCc1ccccc1)NC(=O)[C@H](C)NC(=O)OCC1c2ccccc2-c2ccccc21. The Bertz CT molecular complexity index is 4650. The summed E-state index contributed by atoms with van der Waals surface area (Å²) in [4.78, 5) is 90.0. The van der Waals surface area contributed by atoms with Crippen molar-refractivity contribution in [2.45, 2.75) is 197 Å². The molecule has 2 aliphatic heterocycles. The van der Waals surface area contributed by atoms with Crippen LogP contribution in [0.25, 0.3) is 33.4 Å². The van der Waals surface area contributed by atoms with Gasteiger partial charge in [-0.15, -0.1) is 0 Å². The van der Waals surface area contributed by atoms with Gasteiger partial charge in [0.2, 0.25) is 5.91 Å². The number of amides is 4. The number of esters is 3. The minimum Gasteiger partial charge on any atom is -0.461 e. The lowest BCUT2D eigenvalue weighted by molar-refractivity contribution is -0.196. The molecule has 3 aliphatic carbocycles. The third kappa shape index (κ3) is 24.3. The molecule has 0 spiro atoms. The van der Waals surface area contributed by atoms with Gasteiger partial charge < -0.3 is 73.7 Å². The summed E-state index contributed by atoms with van der Waals surface area (Å²) in [5.74, 6) is -2.06. The molecular weight excluding hydrogens is 1510 g/mol. The number of fused-ring (bicyclic) bond motifs is 9. The smallest absolute Gasteiger partial charge is 0.407 e. The van der Waals surface area contributed by atoms with Gasteiger partial charge in [-0.05, 0) is 148 Å². The van der Waals surface area contributed by atoms with E-state index in [1.54, 1.807) is 13.8 Å². The minimum absolute atomic E-state index is 0.0394. The lowest BCUT2D eigenvalue weighted by Crippen LogP contribution is -2.53. The van der Waals surface area contributed by atoms with Crippen molar-refractivity contribution in [1.29, 1.82) is 0 Å². The number of carbonyl (C=O) groups excluding carboxylic acids is 7. The molecule has 4 amide bonds. The molecule has 0 aromatic heterocycles. The predicted molar refractivity (Wildman–Crippen MR) is 450 cm³/mol. The summed E-state index contributed by atoms with van der Waals surface area (Å²) in [6.45, 7) is 9.43. The molecule has 5 aliphatic rings. The number of nitrogens with one attached hydrogen (secondary N) is 4. The number of ether oxygens (including phenoxy) is 10. The van der Waals surface area contributed by atoms with Crippen molar-refractivity contribution in [2.75, 3.05) is 33.0 Å². The lowest BCUT2D eigenvalue weighted by atomic mass is 9.98. The van der Waals surface area contributed by atoms with Crippen LogP contribution in [0.3, 0.4) is 0 Å². The van der Waals surface area contributed by atoms with Crippen LogP contribution in [-0.4, -0.2) is 135 Å². The Morgan fingerprint density at radius 3 is 0.941 bits per heavy atom. The Morgan fingerprint density at radius 1 is 0.353 bits per heavy atom. The molecule has 22 heteroatoms. The molecule has 624 valence electrons. The fourth-order valence-corrected chi connectivity index (χ4v) is 15.8. The van der Waals surface area contributed by atoms with Crippen LogP contribution in [0.15, 0.2) is 237 Å². The van der Waals surface area contributed by atoms with E-state index in [2.05, 4.69) is 69.8 Å². The van der Waals surface area contributed by atoms with Gasteiger partial charge >= 0.3 is 36.2 Å². The van der Waals surface area contributed by atoms with Crippen LogP contribution in [0, 0.1) is 0 Å². The maximum atomic E-state index is 13.3. The maximum Gasteiger partial charge on any atom is 0.407 e. The van der Waals surface area contributed by atoms with Gasteiger partial charge in [-0.1, -0.05) is 257 Å². The number of aliphatic hydroxyl groups is 1. The average molecular weight is 1620 g/mol. The summed E-state index contributed by atoms with van der Waals surface area (Å²) < 4.78 is 57.3. The van der Waals surface area contributed by atoms with Gasteiger partial charge in [0.1, 0.15) is 45.7 Å². The van der Waals surface area contributed by atoms with E-state index in [9.17, 15) is 38.7 Å². The molecule has 14 rings (SSSR count). The summed E-state index contributed by atoms with van der Waals surface area (Å²) in [5, 5.41) is 21.5. The standard InChI is InChI=1S/C36H42N2O7.C33H37NO6.C28H29NO5/c1-3-32(45-34-19-11-12-20-42-34)31(21-33(39)43-22-25-13-5-4-6-14-25)38-35(40)24(2)37-36(41)44-23-30-28-17-9-7-15-26(28)27-16-8-10-18-29(27)30;1-2-30(40-32-18-10-11-19-37-32)29(20-31(35)38-21-23-12-4-3-5-13-23)34-33(36)39-22-28-26-16-8-6-14-24(26)25-15-7-9-17-27(25)28;1-2-26(30)25(16-27(31)33-17-19-10-4-3-5-11-19)29-28(32)34-18-24-22-14-8-6-12-20(22)21-13-7-9-15-23(21)24/h4-10,13-18,24,30-32,34H,3,11-12,19-23H2,1-2H3,(H,37,41)(H,38,40);3-9,12-17,28-30,32H,2,10-11,18-22H2,1H3,(H,34,36);3-15,24-26,30H,2,16-18H2,1H3,(H,29,32)/t24-,31-,32?,34?;29-,30?,32?;25-,26?/m000/s1. The van der Waals surface area contributed by atoms with Crippen LogP contribution in [0.2, 0.25) is 0 Å². The van der Waals surface area contributed by atoms with Crippen LogP contribution in [0.4, 0.5) is 14.4 Å². The third-order valence-corrected chi connectivity index (χ3v) is 22.1. The lowest BCUT2D eigenvalue weighted by Gasteiger charge is -2.32. The van der Waals surface area contributed by atoms with E-state index in [4.69, 9.17) is 47.4 Å². The highest BCUT2D eigenvalue weighted by atomic mass is 16.7. The Labute approximate surface area is 696 Å². The Hall–Kier alpha value is -11.5. The highest BCUT2D eigenvalue weighted by molar-refractivity contribution is 5.87. The van der Waals surface area contributed by atoms with Crippen molar-refractivity contribution in [2.24, 2.45) is 0 Å². The highest BCUT2D eigenvalue weighted by Crippen LogP contribution is 2.47. The second-order valence-corrected chi connectivity index (χ2v) is 30.2. The van der Waals surface area contributed by atoms with Crippen molar-refractivity contribution < 1.29 is 86.0 Å². The van der Waals surface area contributed by atoms with Crippen molar-refractivity contribution >= 4 is 42.1 Å². The molecule has 22 nitrogen and oxygen atoms in total. The summed E-state index contributed by atoms with van der Waals surface area (Å²) in [6.07, 6.45) is 2.17. The van der Waals surface area contributed by atoms with E-state index >= 15 is 0 Å². The van der Waals surface area contributed by atoms with Crippen LogP contribution < -0.4 is 21.3 Å². The van der Waals surface area contributed by atoms with Gasteiger partial charge in [0.05, 0.1) is 55.7 Å². The summed E-state index contributed by atoms with van der Waals surface area (Å²) in [7, 11) is 0. The summed E-state index contributed by atoms with van der Waals surface area (Å²) in [5.41, 5.74) is 16.2. The van der Waals surface area contributed by atoms with Crippen LogP contribution in [-0.2, 0) is 86.4 Å². The largest absolute Gasteiger partial charge is 0.461 e. The van der Waals surface area contributed by atoms with Crippen molar-refractivity contribution in [3.63, 3.8) is 0 Å². The minimum atomic E-state index is -0.924. The monoisotopic (exact) mass is 1620 g/mol. The molecule has 5 N–H and O–H groups in total. The quantitative estimate of drug-likeness (QED) is 0.0189. The molecule has 0 bridgehead atoms. The van der Waals surface area contributed by atoms with E-state index in [-0.39, 0.29) is 82.9 Å². The first kappa shape index (κ1) is 86.8. The summed E-state index contributed by atoms with van der Waals surface area (Å²) in [6, 6.07) is 74.0. The predicted octanol–water partition coefficient (Wildman–Crippen LogP) is 17.0. The Balaban J connectivity index is 0.000000165. The van der Waals surface area contributed by atoms with Crippen molar-refractivity contribution in [3.05, 3.63) is 287 Å². The number of alkyl carbamates (subject to hydrolysis) is 3. The van der Waals surface area contributed by atoms with E-state index < -0.39 is 90.9 Å². The zero-order chi connectivity index (χ0) is 83.2. The topological polar surface area (TPSA) is 280 Å². The molecule has 9 aromatic carbocycles. The molecule has 2 heterocycles. The molecule has 9 aromatic rings. The fraction of sp³-hybridized carbons (Fsp3) is 0.371. The molecule has 2 saturated heterocycles. The number of hydrogen-bond acceptors (Lipinski definition) is 18. The third-order valence-electron chi connectivity index (χ3n) is 22.1. The first-order chi connectivity index (χ1) is 58.1. The van der Waals surface area contributed by atoms with E-state index in [0.717, 1.165) is 122 Å². The van der Waals surface area contributed by atoms with Crippen molar-refractivity contribution in [1.82, 2.24) is 21.3 Å². The molecule has 9 atom stereocenters. The molecule has 0 saturated carbocycles. The van der Waals surface area contributed by atoms with E-state index in [1.807, 2.05) is 202 Å². The zero-order valence-corrected chi connectivity index (χ0v) is 68.0. The van der Waals surface area contributed by atoms with E-state index in [0.29, 0.717) is 32.5 Å². The van der Waals surface area contributed by atoms with Gasteiger partial charge in [-0.2, -0.15) is 0 Å². The Morgan fingerprint density at radius 2 is 0.639 bits per heavy atom. The van der Waals surface area contributed by atoms with Crippen LogP contribution in [0.5, 0.6) is 0 Å². The number of benzene rings is 9. The number of carbonyl (C=O) groups is 7. The molecular formula is C97H108N4O18. The number of rotatable bonds is 33. The maximum absolute atomic E-state index is 13.3.